The number of rotatable bonds is 7. The van der Waals surface area contributed by atoms with Gasteiger partial charge in [0.2, 0.25) is 0 Å². The van der Waals surface area contributed by atoms with Gasteiger partial charge in [-0.25, -0.2) is 9.59 Å². The third kappa shape index (κ3) is 6.70. The van der Waals surface area contributed by atoms with Gasteiger partial charge in [0, 0.05) is 5.57 Å². The Hall–Kier alpha value is -1.40. The van der Waals surface area contributed by atoms with Crippen molar-refractivity contribution in [1.82, 2.24) is 0 Å². The van der Waals surface area contributed by atoms with Crippen LogP contribution in [0.3, 0.4) is 0 Å². The predicted octanol–water partition coefficient (Wildman–Crippen LogP) is -0.109. The molecule has 5 nitrogen and oxygen atoms in total. The molecule has 0 rings (SSSR count). The third-order valence-electron chi connectivity index (χ3n) is 1.87. The van der Waals surface area contributed by atoms with Gasteiger partial charge in [-0.1, -0.05) is 13.2 Å². The van der Waals surface area contributed by atoms with Gasteiger partial charge in [0.05, 0.1) is 11.7 Å². The van der Waals surface area contributed by atoms with Crippen LogP contribution in [0, 0.1) is 0 Å². The highest BCUT2D eigenvalue weighted by Gasteiger charge is 2.13. The molecule has 0 radical (unpaired) electrons. The second kappa shape index (κ2) is 7.80. The molecule has 0 aromatic heterocycles. The van der Waals surface area contributed by atoms with E-state index in [1.807, 2.05) is 0 Å². The molecule has 0 aliphatic carbocycles. The zero-order chi connectivity index (χ0) is 13.4. The van der Waals surface area contributed by atoms with Crippen molar-refractivity contribution in [2.45, 2.75) is 20.0 Å². The first-order valence-corrected chi connectivity index (χ1v) is 5.90. The highest BCUT2D eigenvalue weighted by Crippen LogP contribution is 2.00. The molecule has 0 saturated carbocycles. The molecule has 17 heavy (non-hydrogen) atoms. The van der Waals surface area contributed by atoms with Gasteiger partial charge in [-0.2, -0.15) is 0 Å². The second-order valence-corrected chi connectivity index (χ2v) is 4.08. The minimum atomic E-state index is -0.593. The monoisotopic (exact) mass is 258 g/mol. The molecule has 0 aliphatic heterocycles. The van der Waals surface area contributed by atoms with Crippen molar-refractivity contribution in [3.8, 4) is 0 Å². The lowest BCUT2D eigenvalue weighted by molar-refractivity contribution is -0.143. The van der Waals surface area contributed by atoms with E-state index in [-0.39, 0.29) is 30.5 Å². The minimum absolute atomic E-state index is 0.0835. The topological polar surface area (TPSA) is 61.8 Å². The molecule has 1 atom stereocenters. The highest BCUT2D eigenvalue weighted by atomic mass is 28.2. The summed E-state index contributed by atoms with van der Waals surface area (Å²) in [5.41, 5.74) is 0.351. The molecule has 0 saturated heterocycles. The van der Waals surface area contributed by atoms with Gasteiger partial charge in [-0.15, -0.1) is 0 Å². The van der Waals surface area contributed by atoms with Crippen molar-refractivity contribution in [3.05, 3.63) is 24.3 Å². The maximum Gasteiger partial charge on any atom is 0.336 e. The van der Waals surface area contributed by atoms with E-state index in [2.05, 4.69) is 13.2 Å². The van der Waals surface area contributed by atoms with Gasteiger partial charge in [0.1, 0.15) is 23.7 Å². The zero-order valence-electron chi connectivity index (χ0n) is 10.4. The van der Waals surface area contributed by atoms with Crippen molar-refractivity contribution < 1.29 is 23.5 Å². The Bertz CT molecular complexity index is 324. The number of hydrogen-bond acceptors (Lipinski definition) is 5. The van der Waals surface area contributed by atoms with Gasteiger partial charge in [0.15, 0.2) is 0 Å². The summed E-state index contributed by atoms with van der Waals surface area (Å²) in [6, 6.07) is 0. The van der Waals surface area contributed by atoms with Crippen molar-refractivity contribution in [2.75, 3.05) is 13.2 Å². The van der Waals surface area contributed by atoms with Crippen LogP contribution in [0.2, 0.25) is 0 Å². The Balaban J connectivity index is 3.94. The highest BCUT2D eigenvalue weighted by molar-refractivity contribution is 5.98. The summed E-state index contributed by atoms with van der Waals surface area (Å²) in [5.74, 6) is -1.15. The number of carbonyl (C=O) groups excluding carboxylic acids is 2. The summed E-state index contributed by atoms with van der Waals surface area (Å²) in [6.45, 7) is 10.2. The van der Waals surface area contributed by atoms with Crippen LogP contribution in [0.1, 0.15) is 13.8 Å². The average molecular weight is 258 g/mol. The van der Waals surface area contributed by atoms with Crippen LogP contribution >= 0.6 is 0 Å². The fraction of sp³-hybridized carbons (Fsp3) is 0.455. The van der Waals surface area contributed by atoms with E-state index in [1.165, 1.54) is 6.92 Å². The summed E-state index contributed by atoms with van der Waals surface area (Å²) < 4.78 is 14.7. The van der Waals surface area contributed by atoms with Crippen LogP contribution in [0.4, 0.5) is 0 Å². The molecule has 0 fully saturated rings. The Morgan fingerprint density at radius 3 is 2.29 bits per heavy atom. The molecule has 6 heteroatoms. The van der Waals surface area contributed by atoms with Crippen LogP contribution in [0.5, 0.6) is 0 Å². The maximum absolute atomic E-state index is 11.4. The molecule has 0 amide bonds. The van der Waals surface area contributed by atoms with Crippen LogP contribution in [-0.2, 0) is 23.5 Å². The number of hydrogen-bond donors (Lipinski definition) is 0. The first kappa shape index (κ1) is 15.6. The van der Waals surface area contributed by atoms with Crippen molar-refractivity contribution in [1.29, 1.82) is 0 Å². The number of ether oxygens (including phenoxy) is 2. The van der Waals surface area contributed by atoms with Crippen LogP contribution in [-0.4, -0.2) is 41.7 Å². The molecule has 0 aromatic carbocycles. The van der Waals surface area contributed by atoms with Crippen LogP contribution in [0.15, 0.2) is 24.3 Å². The molecule has 1 unspecified atom stereocenters. The Kier molecular flexibility index (Phi) is 7.16. The molecule has 0 bridgehead atoms. The Labute approximate surface area is 104 Å². The molecule has 0 heterocycles. The lowest BCUT2D eigenvalue weighted by Gasteiger charge is -2.11. The van der Waals surface area contributed by atoms with Crippen LogP contribution in [0.25, 0.3) is 0 Å². The summed E-state index contributed by atoms with van der Waals surface area (Å²) in [6.07, 6.45) is -0.128. The van der Waals surface area contributed by atoms with Crippen LogP contribution < -0.4 is 0 Å². The van der Waals surface area contributed by atoms with Crippen molar-refractivity contribution in [3.63, 3.8) is 0 Å². The molecule has 0 aliphatic rings. The van der Waals surface area contributed by atoms with E-state index in [0.717, 1.165) is 0 Å². The lowest BCUT2D eigenvalue weighted by Crippen LogP contribution is -2.21. The first-order valence-electron chi connectivity index (χ1n) is 5.08. The standard InChI is InChI=1S/C11H18O5Si/c1-7(2)10(12)14-5-8(3)11(13)15-6-9(4)16-17/h9H,1,3,5-6H2,2,4,17H3. The number of esters is 2. The maximum atomic E-state index is 11.4. The van der Waals surface area contributed by atoms with Gasteiger partial charge >= 0.3 is 11.9 Å². The fourth-order valence-corrected chi connectivity index (χ4v) is 0.834. The van der Waals surface area contributed by atoms with E-state index < -0.39 is 11.9 Å². The summed E-state index contributed by atoms with van der Waals surface area (Å²) >= 11 is 0. The molecule has 0 aromatic rings. The summed E-state index contributed by atoms with van der Waals surface area (Å²) in [7, 11) is 0.583. The first-order chi connectivity index (χ1) is 7.88. The van der Waals surface area contributed by atoms with Crippen molar-refractivity contribution >= 4 is 22.4 Å². The summed E-state index contributed by atoms with van der Waals surface area (Å²) in [5, 5.41) is 0. The quantitative estimate of drug-likeness (QED) is 0.362. The average Bonchev–Trinajstić information content (AvgIpc) is 2.31. The molecule has 0 spiro atoms. The van der Waals surface area contributed by atoms with E-state index >= 15 is 0 Å². The number of carbonyl (C=O) groups is 2. The van der Waals surface area contributed by atoms with Crippen molar-refractivity contribution in [2.24, 2.45) is 0 Å². The second-order valence-electron chi connectivity index (χ2n) is 3.60. The molecular formula is C11H18O5Si. The van der Waals surface area contributed by atoms with E-state index in [4.69, 9.17) is 13.9 Å². The largest absolute Gasteiger partial charge is 0.460 e. The Morgan fingerprint density at radius 1 is 1.24 bits per heavy atom. The van der Waals surface area contributed by atoms with E-state index in [9.17, 15) is 9.59 Å². The zero-order valence-corrected chi connectivity index (χ0v) is 12.4. The van der Waals surface area contributed by atoms with E-state index in [0.29, 0.717) is 10.5 Å². The van der Waals surface area contributed by atoms with Gasteiger partial charge in [0.25, 0.3) is 0 Å². The van der Waals surface area contributed by atoms with Gasteiger partial charge in [-0.3, -0.25) is 0 Å². The smallest absolute Gasteiger partial charge is 0.336 e. The normalized spacial score (nSPS) is 11.6. The minimum Gasteiger partial charge on any atom is -0.460 e. The summed E-state index contributed by atoms with van der Waals surface area (Å²) in [4.78, 5) is 22.4. The molecule has 0 N–H and O–H groups in total. The third-order valence-corrected chi connectivity index (χ3v) is 2.67. The lowest BCUT2D eigenvalue weighted by atomic mass is 10.3. The SMILES string of the molecule is C=C(C)C(=O)OCC(=C)C(=O)OCC(C)O[SiH3]. The molecule has 96 valence electrons. The van der Waals surface area contributed by atoms with Gasteiger partial charge < -0.3 is 13.9 Å². The van der Waals surface area contributed by atoms with E-state index in [1.54, 1.807) is 6.92 Å². The fourth-order valence-electron chi connectivity index (χ4n) is 0.698. The Morgan fingerprint density at radius 2 is 1.82 bits per heavy atom. The molecular weight excluding hydrogens is 240 g/mol. The van der Waals surface area contributed by atoms with Gasteiger partial charge in [-0.05, 0) is 13.8 Å². The predicted molar refractivity (Wildman–Crippen MR) is 66.4 cm³/mol.